The Morgan fingerprint density at radius 2 is 1.71 bits per heavy atom. The summed E-state index contributed by atoms with van der Waals surface area (Å²) in [6.45, 7) is 3.46. The van der Waals surface area contributed by atoms with Crippen LogP contribution in [-0.4, -0.2) is 68.7 Å². The van der Waals surface area contributed by atoms with Gasteiger partial charge in [-0.15, -0.1) is 11.3 Å². The van der Waals surface area contributed by atoms with Gasteiger partial charge in [0.25, 0.3) is 10.0 Å². The van der Waals surface area contributed by atoms with E-state index in [1.54, 1.807) is 21.8 Å². The highest BCUT2D eigenvalue weighted by atomic mass is 32.2. The lowest BCUT2D eigenvalue weighted by Gasteiger charge is -2.32. The molecule has 2 amide bonds. The van der Waals surface area contributed by atoms with E-state index in [2.05, 4.69) is 12.2 Å². The van der Waals surface area contributed by atoms with Crippen molar-refractivity contribution in [1.29, 1.82) is 0 Å². The summed E-state index contributed by atoms with van der Waals surface area (Å²) in [5.41, 5.74) is 0. The average Bonchev–Trinajstić information content (AvgIpc) is 3.47. The Morgan fingerprint density at radius 1 is 1.07 bits per heavy atom. The highest BCUT2D eigenvalue weighted by Crippen LogP contribution is 2.52. The van der Waals surface area contributed by atoms with Crippen LogP contribution in [0.5, 0.6) is 0 Å². The summed E-state index contributed by atoms with van der Waals surface area (Å²) < 4.78 is 27.2. The van der Waals surface area contributed by atoms with Gasteiger partial charge in [0.1, 0.15) is 4.21 Å². The number of rotatable bonds is 5. The van der Waals surface area contributed by atoms with Crippen LogP contribution < -0.4 is 4.90 Å². The molecule has 2 bridgehead atoms. The summed E-state index contributed by atoms with van der Waals surface area (Å²) in [6.07, 6.45) is 5.17. The van der Waals surface area contributed by atoms with Gasteiger partial charge in [0, 0.05) is 0 Å². The quantitative estimate of drug-likeness (QED) is 0.510. The van der Waals surface area contributed by atoms with E-state index in [-0.39, 0.29) is 35.5 Å². The fraction of sp³-hybridized carbons (Fsp3) is 0.579. The number of hydrogen-bond donors (Lipinski definition) is 1. The van der Waals surface area contributed by atoms with Crippen LogP contribution in [-0.2, 0) is 19.6 Å². The highest BCUT2D eigenvalue weighted by Gasteiger charge is 2.59. The third-order valence-corrected chi connectivity index (χ3v) is 10.0. The molecule has 2 saturated heterocycles. The molecule has 3 heterocycles. The maximum absolute atomic E-state index is 12.8. The Labute approximate surface area is 168 Å². The van der Waals surface area contributed by atoms with Crippen LogP contribution in [0.15, 0.2) is 33.9 Å². The van der Waals surface area contributed by atoms with Crippen molar-refractivity contribution in [2.75, 3.05) is 39.3 Å². The summed E-state index contributed by atoms with van der Waals surface area (Å²) >= 11 is 1.24. The normalized spacial score (nSPS) is 33.2. The Bertz CT molecular complexity index is 889. The molecule has 9 heteroatoms. The monoisotopic (exact) mass is 422 g/mol. The Balaban J connectivity index is 1.16. The zero-order valence-electron chi connectivity index (χ0n) is 15.5. The molecule has 4 atom stereocenters. The molecule has 1 aromatic rings. The molecule has 0 unspecified atom stereocenters. The lowest BCUT2D eigenvalue weighted by Crippen LogP contribution is -3.15. The van der Waals surface area contributed by atoms with Crippen molar-refractivity contribution >= 4 is 33.2 Å². The van der Waals surface area contributed by atoms with Crippen molar-refractivity contribution in [2.45, 2.75) is 10.6 Å². The van der Waals surface area contributed by atoms with Gasteiger partial charge in [-0.3, -0.25) is 14.5 Å². The summed E-state index contributed by atoms with van der Waals surface area (Å²) in [5.74, 6) is 0.232. The number of carbonyl (C=O) groups is 2. The zero-order valence-corrected chi connectivity index (χ0v) is 17.1. The van der Waals surface area contributed by atoms with E-state index >= 15 is 0 Å². The minimum Gasteiger partial charge on any atom is -0.331 e. The Hall–Kier alpha value is -1.55. The molecule has 2 aliphatic heterocycles. The number of hydrogen-bond acceptors (Lipinski definition) is 5. The van der Waals surface area contributed by atoms with E-state index in [1.165, 1.54) is 21.1 Å². The average molecular weight is 423 g/mol. The van der Waals surface area contributed by atoms with Crippen LogP contribution >= 0.6 is 11.3 Å². The second kappa shape index (κ2) is 6.76. The van der Waals surface area contributed by atoms with Gasteiger partial charge in [-0.05, 0) is 29.7 Å². The van der Waals surface area contributed by atoms with Crippen LogP contribution in [0, 0.1) is 23.7 Å². The van der Waals surface area contributed by atoms with Crippen LogP contribution in [0.4, 0.5) is 0 Å². The number of likely N-dealkylation sites (tertiary alicyclic amines) is 1. The van der Waals surface area contributed by atoms with Crippen molar-refractivity contribution in [3.63, 3.8) is 0 Å². The van der Waals surface area contributed by atoms with E-state index in [1.807, 2.05) is 0 Å². The maximum Gasteiger partial charge on any atom is 0.252 e. The Morgan fingerprint density at radius 3 is 2.29 bits per heavy atom. The molecule has 3 fully saturated rings. The van der Waals surface area contributed by atoms with Crippen LogP contribution in [0.3, 0.4) is 0 Å². The van der Waals surface area contributed by atoms with Gasteiger partial charge in [-0.25, -0.2) is 8.42 Å². The maximum atomic E-state index is 12.8. The van der Waals surface area contributed by atoms with Crippen molar-refractivity contribution < 1.29 is 22.9 Å². The SMILES string of the molecule is O=C1[C@@H]2[C@H](C(=O)N1CC[NH+]1CCN(S(=O)(=O)c3cccs3)CC1)[C@@H]1C=C[C@@H]2C1. The molecule has 5 rings (SSSR count). The summed E-state index contributed by atoms with van der Waals surface area (Å²) in [5, 5.41) is 1.77. The summed E-state index contributed by atoms with van der Waals surface area (Å²) in [6, 6.07) is 3.39. The van der Waals surface area contributed by atoms with Gasteiger partial charge in [0.15, 0.2) is 0 Å². The number of thiophene rings is 1. The van der Waals surface area contributed by atoms with E-state index in [0.717, 1.165) is 6.42 Å². The predicted molar refractivity (Wildman–Crippen MR) is 103 cm³/mol. The van der Waals surface area contributed by atoms with Crippen molar-refractivity contribution in [1.82, 2.24) is 9.21 Å². The number of amides is 2. The highest BCUT2D eigenvalue weighted by molar-refractivity contribution is 7.91. The minimum absolute atomic E-state index is 0.00478. The fourth-order valence-electron chi connectivity index (χ4n) is 5.28. The summed E-state index contributed by atoms with van der Waals surface area (Å²) in [4.78, 5) is 28.2. The second-order valence-corrected chi connectivity index (χ2v) is 11.3. The number of nitrogens with zero attached hydrogens (tertiary/aromatic N) is 2. The third kappa shape index (κ3) is 2.79. The molecule has 2 aliphatic carbocycles. The largest absolute Gasteiger partial charge is 0.331 e. The zero-order chi connectivity index (χ0) is 19.5. The van der Waals surface area contributed by atoms with Gasteiger partial charge in [-0.1, -0.05) is 18.2 Å². The first-order chi connectivity index (χ1) is 13.5. The number of imide groups is 1. The summed E-state index contributed by atoms with van der Waals surface area (Å²) in [7, 11) is -3.39. The van der Waals surface area contributed by atoms with Gasteiger partial charge in [0.2, 0.25) is 11.8 Å². The predicted octanol–water partition coefficient (Wildman–Crippen LogP) is -0.556. The van der Waals surface area contributed by atoms with Crippen LogP contribution in [0.25, 0.3) is 0 Å². The first-order valence-corrected chi connectivity index (χ1v) is 12.2. The number of allylic oxidation sites excluding steroid dienone is 2. The molecule has 1 aromatic heterocycles. The standard InChI is InChI=1S/C19H23N3O4S2/c23-18-16-13-3-4-14(12-13)17(16)19(24)22(18)10-7-20-5-8-21(9-6-20)28(25,26)15-2-1-11-27-15/h1-4,11,13-14,16-17H,5-10,12H2/p+1/t13-,14-,16-,17+/m1/s1. The van der Waals surface area contributed by atoms with Gasteiger partial charge >= 0.3 is 0 Å². The molecular formula is C19H24N3O4S2+. The molecule has 7 nitrogen and oxygen atoms in total. The van der Waals surface area contributed by atoms with Gasteiger partial charge in [0.05, 0.1) is 51.1 Å². The molecule has 1 saturated carbocycles. The van der Waals surface area contributed by atoms with Gasteiger partial charge < -0.3 is 4.90 Å². The number of sulfonamides is 1. The lowest BCUT2D eigenvalue weighted by molar-refractivity contribution is -0.902. The molecule has 4 aliphatic rings. The third-order valence-electron chi connectivity index (χ3n) is 6.77. The van der Waals surface area contributed by atoms with Crippen LogP contribution in [0.1, 0.15) is 6.42 Å². The molecule has 1 N–H and O–H groups in total. The number of carbonyl (C=O) groups excluding carboxylic acids is 2. The van der Waals surface area contributed by atoms with E-state index < -0.39 is 10.0 Å². The fourth-order valence-corrected chi connectivity index (χ4v) is 7.87. The minimum atomic E-state index is -3.39. The number of fused-ring (bicyclic) bond motifs is 5. The molecule has 28 heavy (non-hydrogen) atoms. The topological polar surface area (TPSA) is 79.2 Å². The smallest absolute Gasteiger partial charge is 0.252 e. The van der Waals surface area contributed by atoms with Crippen molar-refractivity contribution in [2.24, 2.45) is 23.7 Å². The first kappa shape index (κ1) is 18.5. The van der Waals surface area contributed by atoms with Gasteiger partial charge in [-0.2, -0.15) is 4.31 Å². The first-order valence-electron chi connectivity index (χ1n) is 9.87. The number of quaternary nitrogens is 1. The van der Waals surface area contributed by atoms with E-state index in [9.17, 15) is 18.0 Å². The molecular weight excluding hydrogens is 398 g/mol. The molecule has 0 aromatic carbocycles. The van der Waals surface area contributed by atoms with Crippen molar-refractivity contribution in [3.05, 3.63) is 29.7 Å². The second-order valence-electron chi connectivity index (χ2n) is 8.16. The van der Waals surface area contributed by atoms with Crippen LogP contribution in [0.2, 0.25) is 0 Å². The van der Waals surface area contributed by atoms with E-state index in [0.29, 0.717) is 43.5 Å². The number of nitrogens with one attached hydrogen (secondary N) is 1. The van der Waals surface area contributed by atoms with E-state index in [4.69, 9.17) is 0 Å². The number of piperazine rings is 1. The molecule has 0 spiro atoms. The lowest BCUT2D eigenvalue weighted by atomic mass is 9.85. The molecule has 0 radical (unpaired) electrons. The molecule has 150 valence electrons. The van der Waals surface area contributed by atoms with Crippen molar-refractivity contribution in [3.8, 4) is 0 Å². The Kier molecular flexibility index (Phi) is 4.46.